The van der Waals surface area contributed by atoms with E-state index < -0.39 is 0 Å². The number of phenols is 1. The second kappa shape index (κ2) is 6.53. The predicted molar refractivity (Wildman–Crippen MR) is 68.1 cm³/mol. The largest absolute Gasteiger partial charge is 0.508 e. The predicted octanol–water partition coefficient (Wildman–Crippen LogP) is 2.69. The Morgan fingerprint density at radius 3 is 2.94 bits per heavy atom. The van der Waals surface area contributed by atoms with Gasteiger partial charge in [-0.1, -0.05) is 28.9 Å². The van der Waals surface area contributed by atoms with E-state index in [0.29, 0.717) is 16.9 Å². The van der Waals surface area contributed by atoms with Gasteiger partial charge in [-0.25, -0.2) is 0 Å². The molecule has 1 aromatic rings. The molecule has 1 rings (SSSR count). The quantitative estimate of drug-likeness (QED) is 0.646. The fourth-order valence-electron chi connectivity index (χ4n) is 1.33. The monoisotopic (exact) mass is 285 g/mol. The molecule has 2 N–H and O–H groups in total. The van der Waals surface area contributed by atoms with Gasteiger partial charge in [-0.2, -0.15) is 0 Å². The topological polar surface area (TPSA) is 49.3 Å². The normalized spacial score (nSPS) is 12.1. The van der Waals surface area contributed by atoms with Crippen molar-refractivity contribution < 1.29 is 9.90 Å². The fraction of sp³-hybridized carbons (Fsp3) is 0.417. The highest BCUT2D eigenvalue weighted by Gasteiger charge is 2.05. The van der Waals surface area contributed by atoms with Crippen LogP contribution in [0.15, 0.2) is 24.3 Å². The third kappa shape index (κ3) is 4.66. The van der Waals surface area contributed by atoms with Crippen LogP contribution in [0, 0.1) is 0 Å². The first kappa shape index (κ1) is 13.0. The first-order valence-corrected chi connectivity index (χ1v) is 6.22. The molecule has 1 aromatic carbocycles. The Hall–Kier alpha value is -1.03. The summed E-state index contributed by atoms with van der Waals surface area (Å²) in [7, 11) is 0. The Morgan fingerprint density at radius 1 is 1.56 bits per heavy atom. The van der Waals surface area contributed by atoms with Crippen LogP contribution >= 0.6 is 15.9 Å². The third-order valence-electron chi connectivity index (χ3n) is 2.17. The minimum Gasteiger partial charge on any atom is -0.508 e. The highest BCUT2D eigenvalue weighted by Crippen LogP contribution is 2.10. The van der Waals surface area contributed by atoms with Gasteiger partial charge in [0.15, 0.2) is 0 Å². The maximum atomic E-state index is 11.6. The smallest absolute Gasteiger partial charge is 0.251 e. The molecular formula is C12H16BrNO2. The number of benzene rings is 1. The molecule has 88 valence electrons. The molecule has 1 unspecified atom stereocenters. The lowest BCUT2D eigenvalue weighted by atomic mass is 10.2. The number of halogens is 1. The van der Waals surface area contributed by atoms with Crippen LogP contribution in [0.1, 0.15) is 30.1 Å². The average Bonchev–Trinajstić information content (AvgIpc) is 2.24. The Labute approximate surface area is 104 Å². The van der Waals surface area contributed by atoms with Crippen LogP contribution in [0.5, 0.6) is 5.75 Å². The first-order valence-electron chi connectivity index (χ1n) is 5.31. The number of hydrogen-bond donors (Lipinski definition) is 2. The van der Waals surface area contributed by atoms with Crippen molar-refractivity contribution in [1.29, 1.82) is 0 Å². The summed E-state index contributed by atoms with van der Waals surface area (Å²) in [6.45, 7) is 2.74. The Bertz CT molecular complexity index is 353. The lowest BCUT2D eigenvalue weighted by molar-refractivity contribution is 0.0952. The van der Waals surface area contributed by atoms with Crippen LogP contribution in [-0.4, -0.2) is 22.4 Å². The van der Waals surface area contributed by atoms with Gasteiger partial charge >= 0.3 is 0 Å². The van der Waals surface area contributed by atoms with Crippen molar-refractivity contribution in [2.45, 2.75) is 24.6 Å². The summed E-state index contributed by atoms with van der Waals surface area (Å²) in [6, 6.07) is 6.35. The number of alkyl halides is 1. The molecule has 0 saturated heterocycles. The summed E-state index contributed by atoms with van der Waals surface area (Å²) in [6.07, 6.45) is 1.97. The van der Waals surface area contributed by atoms with Crippen molar-refractivity contribution in [3.05, 3.63) is 29.8 Å². The minimum absolute atomic E-state index is 0.113. The van der Waals surface area contributed by atoms with Gasteiger partial charge in [0.2, 0.25) is 0 Å². The zero-order chi connectivity index (χ0) is 12.0. The van der Waals surface area contributed by atoms with Crippen LogP contribution in [-0.2, 0) is 0 Å². The summed E-state index contributed by atoms with van der Waals surface area (Å²) >= 11 is 3.45. The highest BCUT2D eigenvalue weighted by molar-refractivity contribution is 9.09. The van der Waals surface area contributed by atoms with Gasteiger partial charge in [-0.3, -0.25) is 4.79 Å². The number of hydrogen-bond acceptors (Lipinski definition) is 2. The molecule has 0 bridgehead atoms. The molecule has 4 heteroatoms. The molecule has 0 aliphatic carbocycles. The van der Waals surface area contributed by atoms with Gasteiger partial charge in [-0.15, -0.1) is 0 Å². The average molecular weight is 286 g/mol. The zero-order valence-corrected chi connectivity index (χ0v) is 10.8. The van der Waals surface area contributed by atoms with Crippen LogP contribution in [0.25, 0.3) is 0 Å². The number of phenolic OH excluding ortho intramolecular Hbond substituents is 1. The van der Waals surface area contributed by atoms with E-state index in [2.05, 4.69) is 28.2 Å². The Balaban J connectivity index is 2.35. The minimum atomic E-state index is -0.141. The molecule has 0 aliphatic heterocycles. The zero-order valence-electron chi connectivity index (χ0n) is 9.24. The molecule has 1 amide bonds. The SMILES string of the molecule is CC(Br)CCCNC(=O)c1cccc(O)c1. The lowest BCUT2D eigenvalue weighted by Gasteiger charge is -2.06. The van der Waals surface area contributed by atoms with Gasteiger partial charge in [0, 0.05) is 16.9 Å². The van der Waals surface area contributed by atoms with Crippen LogP contribution in [0.3, 0.4) is 0 Å². The second-order valence-corrected chi connectivity index (χ2v) is 5.29. The van der Waals surface area contributed by atoms with E-state index in [0.717, 1.165) is 12.8 Å². The maximum absolute atomic E-state index is 11.6. The molecule has 0 spiro atoms. The fourth-order valence-corrected chi connectivity index (χ4v) is 1.66. The van der Waals surface area contributed by atoms with Crippen molar-refractivity contribution in [3.63, 3.8) is 0 Å². The van der Waals surface area contributed by atoms with E-state index in [1.165, 1.54) is 6.07 Å². The van der Waals surface area contributed by atoms with Crippen LogP contribution in [0.4, 0.5) is 0 Å². The maximum Gasteiger partial charge on any atom is 0.251 e. The molecular weight excluding hydrogens is 270 g/mol. The van der Waals surface area contributed by atoms with Gasteiger partial charge in [0.05, 0.1) is 0 Å². The van der Waals surface area contributed by atoms with Crippen LogP contribution < -0.4 is 5.32 Å². The molecule has 16 heavy (non-hydrogen) atoms. The molecule has 3 nitrogen and oxygen atoms in total. The Kier molecular flexibility index (Phi) is 5.32. The third-order valence-corrected chi connectivity index (χ3v) is 2.63. The summed E-state index contributed by atoms with van der Waals surface area (Å²) in [4.78, 5) is 12.1. The number of nitrogens with one attached hydrogen (secondary N) is 1. The summed E-state index contributed by atoms with van der Waals surface area (Å²) in [5, 5.41) is 12.0. The molecule has 0 heterocycles. The highest BCUT2D eigenvalue weighted by atomic mass is 79.9. The standard InChI is InChI=1S/C12H16BrNO2/c1-9(13)4-3-7-14-12(16)10-5-2-6-11(15)8-10/h2,5-6,8-9,15H,3-4,7H2,1H3,(H,14,16). The van der Waals surface area contributed by atoms with Crippen molar-refractivity contribution in [3.8, 4) is 5.75 Å². The van der Waals surface area contributed by atoms with Crippen molar-refractivity contribution >= 4 is 21.8 Å². The second-order valence-electron chi connectivity index (χ2n) is 3.73. The molecule has 1 atom stereocenters. The van der Waals surface area contributed by atoms with E-state index in [-0.39, 0.29) is 11.7 Å². The number of carbonyl (C=O) groups excluding carboxylic acids is 1. The van der Waals surface area contributed by atoms with Gasteiger partial charge in [-0.05, 0) is 31.0 Å². The Morgan fingerprint density at radius 2 is 2.31 bits per heavy atom. The molecule has 0 aliphatic rings. The molecule has 0 radical (unpaired) electrons. The lowest BCUT2D eigenvalue weighted by Crippen LogP contribution is -2.24. The van der Waals surface area contributed by atoms with E-state index in [4.69, 9.17) is 0 Å². The number of carbonyl (C=O) groups is 1. The summed E-state index contributed by atoms with van der Waals surface area (Å²) in [5.41, 5.74) is 0.492. The molecule has 0 aromatic heterocycles. The van der Waals surface area contributed by atoms with E-state index in [1.807, 2.05) is 0 Å². The number of aromatic hydroxyl groups is 1. The van der Waals surface area contributed by atoms with E-state index in [1.54, 1.807) is 18.2 Å². The summed E-state index contributed by atoms with van der Waals surface area (Å²) < 4.78 is 0. The van der Waals surface area contributed by atoms with E-state index >= 15 is 0 Å². The summed E-state index contributed by atoms with van der Waals surface area (Å²) in [5.74, 6) is -0.0279. The van der Waals surface area contributed by atoms with E-state index in [9.17, 15) is 9.90 Å². The number of rotatable bonds is 5. The van der Waals surface area contributed by atoms with Gasteiger partial charge in [0.1, 0.15) is 5.75 Å². The van der Waals surface area contributed by atoms with Gasteiger partial charge in [0.25, 0.3) is 5.91 Å². The number of amides is 1. The van der Waals surface area contributed by atoms with Crippen LogP contribution in [0.2, 0.25) is 0 Å². The first-order chi connectivity index (χ1) is 7.59. The van der Waals surface area contributed by atoms with Gasteiger partial charge < -0.3 is 10.4 Å². The van der Waals surface area contributed by atoms with Crippen molar-refractivity contribution in [1.82, 2.24) is 5.32 Å². The molecule has 0 fully saturated rings. The van der Waals surface area contributed by atoms with Crippen molar-refractivity contribution in [2.24, 2.45) is 0 Å². The molecule has 0 saturated carbocycles. The van der Waals surface area contributed by atoms with Crippen molar-refractivity contribution in [2.75, 3.05) is 6.54 Å².